The van der Waals surface area contributed by atoms with Gasteiger partial charge in [-0.25, -0.2) is 0 Å². The maximum atomic E-state index is 10.1. The molecule has 0 radical (unpaired) electrons. The third kappa shape index (κ3) is 73.6. The molecule has 0 bridgehead atoms. The van der Waals surface area contributed by atoms with Crippen molar-refractivity contribution in [2.45, 2.75) is 71.1 Å². The van der Waals surface area contributed by atoms with E-state index in [-0.39, 0.29) is 18.8 Å². The van der Waals surface area contributed by atoms with Gasteiger partial charge in [0.15, 0.2) is 0 Å². The molecule has 0 atom stereocenters. The van der Waals surface area contributed by atoms with Crippen molar-refractivity contribution in [2.24, 2.45) is 0 Å². The highest BCUT2D eigenvalue weighted by atomic mass is 35.5. The fourth-order valence-electron chi connectivity index (χ4n) is 1.58. The number of carbonyl (C=O) groups is 1. The molecule has 0 rings (SSSR count). The lowest BCUT2D eigenvalue weighted by atomic mass is 10.1. The first-order valence-electron chi connectivity index (χ1n) is 8.97. The van der Waals surface area contributed by atoms with Crippen LogP contribution in [0.5, 0.6) is 0 Å². The van der Waals surface area contributed by atoms with Crippen molar-refractivity contribution in [1.29, 1.82) is 0 Å². The highest BCUT2D eigenvalue weighted by Gasteiger charge is 1.92. The second kappa shape index (κ2) is 26.6. The van der Waals surface area contributed by atoms with Crippen molar-refractivity contribution in [2.75, 3.05) is 42.3 Å². The third-order valence-corrected chi connectivity index (χ3v) is 2.48. The summed E-state index contributed by atoms with van der Waals surface area (Å²) < 4.78 is 0. The SMILES string of the molecule is CCCCCCCCCCCC(=O)[O-].C[NH+](C)C.C[NH+](C)C.[Cl-]. The summed E-state index contributed by atoms with van der Waals surface area (Å²) in [5.74, 6) is -0.909. The summed E-state index contributed by atoms with van der Waals surface area (Å²) in [6, 6.07) is 0. The minimum absolute atomic E-state index is 0. The molecule has 0 aliphatic rings. The molecule has 2 N–H and O–H groups in total. The zero-order chi connectivity index (χ0) is 17.8. The molecule has 0 saturated heterocycles. The average Bonchev–Trinajstić information content (AvgIpc) is 2.35. The lowest BCUT2D eigenvalue weighted by molar-refractivity contribution is -0.836. The van der Waals surface area contributed by atoms with Crippen LogP contribution in [0.25, 0.3) is 0 Å². The molecule has 5 heteroatoms. The van der Waals surface area contributed by atoms with Crippen LogP contribution >= 0.6 is 0 Å². The number of rotatable bonds is 10. The Morgan fingerprint density at radius 3 is 1.22 bits per heavy atom. The monoisotopic (exact) mass is 354 g/mol. The van der Waals surface area contributed by atoms with E-state index < -0.39 is 5.97 Å². The summed E-state index contributed by atoms with van der Waals surface area (Å²) in [6.45, 7) is 2.22. The van der Waals surface area contributed by atoms with Crippen molar-refractivity contribution in [3.63, 3.8) is 0 Å². The van der Waals surface area contributed by atoms with Gasteiger partial charge in [0.05, 0.1) is 42.3 Å². The van der Waals surface area contributed by atoms with E-state index in [1.165, 1.54) is 54.7 Å². The number of hydrogen-bond acceptors (Lipinski definition) is 2. The number of hydrogen-bond donors (Lipinski definition) is 2. The number of carboxylic acid groups (broad SMARTS) is 1. The topological polar surface area (TPSA) is 49.0 Å². The van der Waals surface area contributed by atoms with Gasteiger partial charge in [-0.2, -0.15) is 0 Å². The Hall–Kier alpha value is -0.320. The van der Waals surface area contributed by atoms with E-state index in [2.05, 4.69) is 49.2 Å². The molecule has 0 aliphatic carbocycles. The third-order valence-electron chi connectivity index (χ3n) is 2.48. The molecule has 0 fully saturated rings. The molecule has 0 aromatic heterocycles. The molecule has 0 aromatic rings. The van der Waals surface area contributed by atoms with Gasteiger partial charge in [-0.15, -0.1) is 0 Å². The van der Waals surface area contributed by atoms with Gasteiger partial charge < -0.3 is 32.1 Å². The highest BCUT2D eigenvalue weighted by molar-refractivity contribution is 5.63. The maximum Gasteiger partial charge on any atom is 0.0661 e. The minimum atomic E-state index is -0.909. The fourth-order valence-corrected chi connectivity index (χ4v) is 1.58. The molecule has 0 aliphatic heterocycles. The van der Waals surface area contributed by atoms with Gasteiger partial charge in [0.25, 0.3) is 0 Å². The summed E-state index contributed by atoms with van der Waals surface area (Å²) >= 11 is 0. The number of halogens is 1. The van der Waals surface area contributed by atoms with Gasteiger partial charge in [-0.3, -0.25) is 0 Å². The first-order valence-corrected chi connectivity index (χ1v) is 8.97. The van der Waals surface area contributed by atoms with Crippen molar-refractivity contribution in [3.05, 3.63) is 0 Å². The molecule has 0 spiro atoms. The zero-order valence-corrected chi connectivity index (χ0v) is 17.5. The predicted molar refractivity (Wildman–Crippen MR) is 94.3 cm³/mol. The molecular weight excluding hydrogens is 312 g/mol. The Kier molecular flexibility index (Phi) is 35.3. The summed E-state index contributed by atoms with van der Waals surface area (Å²) in [5.41, 5.74) is 0. The molecule has 0 aromatic carbocycles. The van der Waals surface area contributed by atoms with Crippen LogP contribution in [0, 0.1) is 0 Å². The lowest BCUT2D eigenvalue weighted by Gasteiger charge is -2.02. The van der Waals surface area contributed by atoms with E-state index in [4.69, 9.17) is 0 Å². The van der Waals surface area contributed by atoms with Crippen molar-refractivity contribution < 1.29 is 32.1 Å². The van der Waals surface area contributed by atoms with Crippen LogP contribution in [-0.2, 0) is 4.79 Å². The van der Waals surface area contributed by atoms with E-state index in [0.717, 1.165) is 12.8 Å². The molecule has 144 valence electrons. The van der Waals surface area contributed by atoms with E-state index in [9.17, 15) is 9.90 Å². The number of carboxylic acids is 1. The van der Waals surface area contributed by atoms with Gasteiger partial charge in [0, 0.05) is 5.97 Å². The molecule has 0 heterocycles. The maximum absolute atomic E-state index is 10.1. The fraction of sp³-hybridized carbons (Fsp3) is 0.944. The van der Waals surface area contributed by atoms with Crippen molar-refractivity contribution in [1.82, 2.24) is 0 Å². The van der Waals surface area contributed by atoms with E-state index in [0.29, 0.717) is 0 Å². The molecular formula is C18H43ClN2O2. The highest BCUT2D eigenvalue weighted by Crippen LogP contribution is 2.09. The van der Waals surface area contributed by atoms with Crippen molar-refractivity contribution >= 4 is 5.97 Å². The smallest absolute Gasteiger partial charge is 0.0661 e. The number of aliphatic carboxylic acids is 1. The second-order valence-electron chi connectivity index (χ2n) is 6.95. The van der Waals surface area contributed by atoms with Crippen LogP contribution < -0.4 is 27.3 Å². The minimum Gasteiger partial charge on any atom is -1.00 e. The molecule has 0 amide bonds. The van der Waals surface area contributed by atoms with Crippen LogP contribution in [-0.4, -0.2) is 48.3 Å². The van der Waals surface area contributed by atoms with Crippen LogP contribution in [0.4, 0.5) is 0 Å². The van der Waals surface area contributed by atoms with E-state index >= 15 is 0 Å². The van der Waals surface area contributed by atoms with Crippen LogP contribution in [0.1, 0.15) is 71.1 Å². The van der Waals surface area contributed by atoms with Gasteiger partial charge in [-0.05, 0) is 12.8 Å². The Morgan fingerprint density at radius 2 is 0.957 bits per heavy atom. The Balaban J connectivity index is -0.000000167. The zero-order valence-electron chi connectivity index (χ0n) is 16.8. The van der Waals surface area contributed by atoms with E-state index in [1.807, 2.05) is 0 Å². The Labute approximate surface area is 152 Å². The van der Waals surface area contributed by atoms with Gasteiger partial charge in [0.1, 0.15) is 0 Å². The number of unbranched alkanes of at least 4 members (excludes halogenated alkanes) is 8. The first kappa shape index (κ1) is 30.5. The van der Waals surface area contributed by atoms with Gasteiger partial charge in [0.2, 0.25) is 0 Å². The van der Waals surface area contributed by atoms with Crippen LogP contribution in [0.3, 0.4) is 0 Å². The van der Waals surface area contributed by atoms with Gasteiger partial charge in [-0.1, -0.05) is 58.3 Å². The molecule has 0 saturated carbocycles. The molecule has 4 nitrogen and oxygen atoms in total. The first-order chi connectivity index (χ1) is 10.2. The quantitative estimate of drug-likeness (QED) is 0.416. The summed E-state index contributed by atoms with van der Waals surface area (Å²) in [7, 11) is 12.5. The summed E-state index contributed by atoms with van der Waals surface area (Å²) in [5, 5.41) is 10.1. The van der Waals surface area contributed by atoms with Crippen LogP contribution in [0.15, 0.2) is 0 Å². The predicted octanol–water partition coefficient (Wildman–Crippen LogP) is -2.82. The second-order valence-corrected chi connectivity index (χ2v) is 6.95. The lowest BCUT2D eigenvalue weighted by Crippen LogP contribution is -3.02. The van der Waals surface area contributed by atoms with Crippen molar-refractivity contribution in [3.8, 4) is 0 Å². The molecule has 23 heavy (non-hydrogen) atoms. The number of nitrogens with one attached hydrogen (secondary N) is 2. The normalized spacial score (nSPS) is 9.43. The largest absolute Gasteiger partial charge is 1.00 e. The summed E-state index contributed by atoms with van der Waals surface area (Å²) in [4.78, 5) is 12.9. The standard InChI is InChI=1S/C12H24O2.2C3H9N.ClH/c1-2-3-4-5-6-7-8-9-10-11-12(13)14;2*1-4(2)3;/h2-11H2,1H3,(H,13,14);2*1-3H3;1H. The van der Waals surface area contributed by atoms with E-state index in [1.54, 1.807) is 0 Å². The Bertz CT molecular complexity index is 202. The molecule has 0 unspecified atom stereocenters. The number of carbonyl (C=O) groups excluding carboxylic acids is 1. The van der Waals surface area contributed by atoms with Gasteiger partial charge >= 0.3 is 0 Å². The Morgan fingerprint density at radius 1 is 0.696 bits per heavy atom. The average molecular weight is 355 g/mol. The summed E-state index contributed by atoms with van der Waals surface area (Å²) in [6.07, 6.45) is 11.2. The number of quaternary nitrogens is 2. The van der Waals surface area contributed by atoms with Crippen LogP contribution in [0.2, 0.25) is 0 Å².